The summed E-state index contributed by atoms with van der Waals surface area (Å²) in [4.78, 5) is 23.8. The van der Waals surface area contributed by atoms with Crippen molar-refractivity contribution in [2.45, 2.75) is 30.5 Å². The van der Waals surface area contributed by atoms with Crippen LogP contribution in [0.4, 0.5) is 5.95 Å². The molecule has 3 N–H and O–H groups in total. The molecule has 0 amide bonds. The molecule has 1 fully saturated rings. The van der Waals surface area contributed by atoms with Crippen molar-refractivity contribution in [2.75, 3.05) is 33.2 Å². The predicted molar refractivity (Wildman–Crippen MR) is 160 cm³/mol. The Morgan fingerprint density at radius 2 is 1.72 bits per heavy atom. The number of aliphatic hydroxyl groups is 1. The number of aliphatic hydroxyl groups excluding tert-OH is 1. The molecule has 2 aromatic heterocycles. The van der Waals surface area contributed by atoms with E-state index in [1.165, 1.54) is 6.33 Å². The van der Waals surface area contributed by atoms with Gasteiger partial charge in [0.1, 0.15) is 17.9 Å². The van der Waals surface area contributed by atoms with Gasteiger partial charge in [-0.25, -0.2) is 4.98 Å². The monoisotopic (exact) mass is 583 g/mol. The Kier molecular flexibility index (Phi) is 7.85. The van der Waals surface area contributed by atoms with Crippen LogP contribution in [-0.2, 0) is 15.1 Å². The average molecular weight is 584 g/mol. The molecule has 0 aliphatic carbocycles. The van der Waals surface area contributed by atoms with E-state index in [-0.39, 0.29) is 24.1 Å². The number of nitrogens with one attached hydrogen (secondary N) is 2. The molecule has 222 valence electrons. The van der Waals surface area contributed by atoms with Crippen molar-refractivity contribution in [2.24, 2.45) is 0 Å². The van der Waals surface area contributed by atoms with E-state index in [0.29, 0.717) is 23.1 Å². The lowest BCUT2D eigenvalue weighted by molar-refractivity contribution is -0.0935. The maximum Gasteiger partial charge on any atom is 0.280 e. The van der Waals surface area contributed by atoms with E-state index in [1.54, 1.807) is 25.8 Å². The first-order chi connectivity index (χ1) is 21.0. The van der Waals surface area contributed by atoms with Crippen LogP contribution in [0.2, 0.25) is 0 Å². The number of fused-ring (bicyclic) bond motifs is 1. The summed E-state index contributed by atoms with van der Waals surface area (Å²) < 4.78 is 26.6. The molecule has 11 nitrogen and oxygen atoms in total. The van der Waals surface area contributed by atoms with Crippen LogP contribution in [0, 0.1) is 0 Å². The first-order valence-corrected chi connectivity index (χ1v) is 13.9. The number of benzene rings is 3. The molecule has 43 heavy (non-hydrogen) atoms. The van der Waals surface area contributed by atoms with Gasteiger partial charge in [-0.05, 0) is 17.2 Å². The number of hydrogen-bond acceptors (Lipinski definition) is 9. The Balaban J connectivity index is 1.40. The van der Waals surface area contributed by atoms with Crippen LogP contribution in [0.15, 0.2) is 90.0 Å². The minimum atomic E-state index is -1.15. The molecule has 0 bridgehead atoms. The van der Waals surface area contributed by atoms with Crippen LogP contribution in [-0.4, -0.2) is 64.7 Å². The van der Waals surface area contributed by atoms with Crippen LogP contribution >= 0.6 is 0 Å². The van der Waals surface area contributed by atoms with Gasteiger partial charge in [-0.2, -0.15) is 4.98 Å². The van der Waals surface area contributed by atoms with Gasteiger partial charge in [0, 0.05) is 19.0 Å². The molecule has 3 aromatic carbocycles. The second-order valence-electron chi connectivity index (χ2n) is 10.2. The highest BCUT2D eigenvalue weighted by Crippen LogP contribution is 2.48. The maximum absolute atomic E-state index is 12.5. The number of ether oxygens (including phenoxy) is 4. The lowest BCUT2D eigenvalue weighted by Gasteiger charge is -2.38. The van der Waals surface area contributed by atoms with E-state index in [0.717, 1.165) is 16.7 Å². The highest BCUT2D eigenvalue weighted by molar-refractivity contribution is 5.70. The number of H-pyrrole nitrogens is 1. The van der Waals surface area contributed by atoms with Crippen molar-refractivity contribution in [3.8, 4) is 11.5 Å². The largest absolute Gasteiger partial charge is 0.493 e. The summed E-state index contributed by atoms with van der Waals surface area (Å²) in [5.41, 5.74) is 1.49. The van der Waals surface area contributed by atoms with Gasteiger partial charge >= 0.3 is 0 Å². The van der Waals surface area contributed by atoms with Crippen LogP contribution in [0.25, 0.3) is 11.2 Å². The molecule has 0 saturated carbocycles. The Labute approximate surface area is 248 Å². The van der Waals surface area contributed by atoms with Crippen LogP contribution < -0.4 is 20.3 Å². The van der Waals surface area contributed by atoms with E-state index < -0.39 is 24.0 Å². The number of nitrogens with zero attached hydrogens (tertiary/aromatic N) is 3. The minimum Gasteiger partial charge on any atom is -0.493 e. The van der Waals surface area contributed by atoms with Crippen molar-refractivity contribution in [3.05, 3.63) is 112 Å². The molecule has 1 aliphatic rings. The number of imidazole rings is 1. The molecule has 6 rings (SSSR count). The first-order valence-electron chi connectivity index (χ1n) is 13.9. The van der Waals surface area contributed by atoms with Crippen LogP contribution in [0.3, 0.4) is 0 Å². The van der Waals surface area contributed by atoms with Gasteiger partial charge in [0.25, 0.3) is 5.56 Å². The number of aromatic nitrogens is 4. The van der Waals surface area contributed by atoms with E-state index in [4.69, 9.17) is 18.9 Å². The van der Waals surface area contributed by atoms with Crippen molar-refractivity contribution < 1.29 is 24.1 Å². The number of hydrogen-bond donors (Lipinski definition) is 3. The number of rotatable bonds is 10. The first kappa shape index (κ1) is 28.4. The fourth-order valence-electron chi connectivity index (χ4n) is 5.73. The molecule has 1 aliphatic heterocycles. The normalized spacial score (nSPS) is 18.6. The van der Waals surface area contributed by atoms with Crippen LogP contribution in [0.5, 0.6) is 11.5 Å². The maximum atomic E-state index is 12.5. The highest BCUT2D eigenvalue weighted by Gasteiger charge is 2.44. The van der Waals surface area contributed by atoms with Gasteiger partial charge in [-0.1, -0.05) is 72.8 Å². The summed E-state index contributed by atoms with van der Waals surface area (Å²) >= 11 is 0. The molecule has 3 atom stereocenters. The zero-order chi connectivity index (χ0) is 30.0. The lowest BCUT2D eigenvalue weighted by atomic mass is 9.79. The molecule has 0 spiro atoms. The predicted octanol–water partition coefficient (Wildman–Crippen LogP) is 3.84. The lowest BCUT2D eigenvalue weighted by Crippen LogP contribution is -2.38. The molecular formula is C32H33N5O6. The smallest absolute Gasteiger partial charge is 0.280 e. The summed E-state index contributed by atoms with van der Waals surface area (Å²) in [6, 6.07) is 25.4. The summed E-state index contributed by atoms with van der Waals surface area (Å²) in [6.07, 6.45) is -0.399. The second-order valence-corrected chi connectivity index (χ2v) is 10.2. The number of para-hydroxylation sites is 1. The minimum absolute atomic E-state index is 0.0320. The van der Waals surface area contributed by atoms with Gasteiger partial charge in [-0.3, -0.25) is 14.3 Å². The number of methoxy groups -OCH3 is 2. The molecule has 3 unspecified atom stereocenters. The topological polar surface area (TPSA) is 133 Å². The van der Waals surface area contributed by atoms with Crippen LogP contribution in [0.1, 0.15) is 29.3 Å². The summed E-state index contributed by atoms with van der Waals surface area (Å²) in [6.45, 7) is 0.0320. The fraction of sp³-hybridized carbons (Fsp3) is 0.281. The van der Waals surface area contributed by atoms with Gasteiger partial charge < -0.3 is 29.4 Å². The van der Waals surface area contributed by atoms with E-state index >= 15 is 0 Å². The molecule has 5 aromatic rings. The third kappa shape index (κ3) is 5.01. The Bertz CT molecular complexity index is 1720. The van der Waals surface area contributed by atoms with E-state index in [2.05, 4.69) is 20.3 Å². The third-order valence-electron chi connectivity index (χ3n) is 7.79. The quantitative estimate of drug-likeness (QED) is 0.210. The third-order valence-corrected chi connectivity index (χ3v) is 7.79. The molecular weight excluding hydrogens is 550 g/mol. The Morgan fingerprint density at radius 1 is 1.02 bits per heavy atom. The van der Waals surface area contributed by atoms with Crippen molar-refractivity contribution in [3.63, 3.8) is 0 Å². The molecule has 11 heteroatoms. The van der Waals surface area contributed by atoms with Crippen molar-refractivity contribution in [1.82, 2.24) is 19.5 Å². The summed E-state index contributed by atoms with van der Waals surface area (Å²) in [5.74, 6) is 1.40. The van der Waals surface area contributed by atoms with Gasteiger partial charge in [0.05, 0.1) is 33.3 Å². The zero-order valence-electron chi connectivity index (χ0n) is 24.1. The summed E-state index contributed by atoms with van der Waals surface area (Å²) in [5, 5.41) is 14.0. The van der Waals surface area contributed by atoms with Crippen molar-refractivity contribution >= 4 is 17.1 Å². The van der Waals surface area contributed by atoms with Gasteiger partial charge in [0.15, 0.2) is 22.7 Å². The Morgan fingerprint density at radius 3 is 2.35 bits per heavy atom. The van der Waals surface area contributed by atoms with E-state index in [1.807, 2.05) is 78.9 Å². The average Bonchev–Trinajstić information content (AvgIpc) is 3.65. The molecule has 1 saturated heterocycles. The van der Waals surface area contributed by atoms with Gasteiger partial charge in [0.2, 0.25) is 5.95 Å². The standard InChI is InChI=1S/C32H33N5O6/c1-33-31-35-29-27(30(39)36-31)34-19-37(29)26-17-23(38)25(43-26)18-42-32(20-11-6-4-7-12-20,21-13-8-5-9-14-21)22-15-10-16-24(40-2)28(22)41-3/h4-16,19,23,25-26,38H,17-18H2,1-3H3,(H2,33,35,36,39). The number of aromatic amines is 1. The SMILES string of the molecule is CNc1nc2c(ncn2C2CC(O)C(COC(c3ccccc3)(c3ccccc3)c3cccc(OC)c3OC)O2)c(=O)[nH]1. The van der Waals surface area contributed by atoms with Crippen molar-refractivity contribution in [1.29, 1.82) is 0 Å². The van der Waals surface area contributed by atoms with E-state index in [9.17, 15) is 9.90 Å². The second kappa shape index (κ2) is 11.9. The van der Waals surface area contributed by atoms with Gasteiger partial charge in [-0.15, -0.1) is 0 Å². The fourth-order valence-corrected chi connectivity index (χ4v) is 5.73. The molecule has 3 heterocycles. The zero-order valence-corrected chi connectivity index (χ0v) is 24.1. The highest BCUT2D eigenvalue weighted by atomic mass is 16.6. The Hall–Kier alpha value is -4.71. The summed E-state index contributed by atoms with van der Waals surface area (Å²) in [7, 11) is 4.86. The molecule has 0 radical (unpaired) electrons. The number of anilines is 1.